The number of hydrogen-bond acceptors (Lipinski definition) is 5. The molecule has 1 aliphatic rings. The van der Waals surface area contributed by atoms with Crippen LogP contribution < -0.4 is 10.2 Å². The van der Waals surface area contributed by atoms with Crippen LogP contribution in [-0.4, -0.2) is 59.2 Å². The third kappa shape index (κ3) is 3.84. The predicted molar refractivity (Wildman–Crippen MR) is 80.7 cm³/mol. The topological polar surface area (TPSA) is 85.8 Å². The summed E-state index contributed by atoms with van der Waals surface area (Å²) in [6, 6.07) is -1.16. The number of piperazine rings is 1. The van der Waals surface area contributed by atoms with Crippen LogP contribution in [0.1, 0.15) is 13.8 Å². The van der Waals surface area contributed by atoms with E-state index in [1.54, 1.807) is 36.3 Å². The van der Waals surface area contributed by atoms with E-state index >= 15 is 0 Å². The second-order valence-electron chi connectivity index (χ2n) is 5.30. The molecule has 2 rings (SSSR count). The minimum absolute atomic E-state index is 0.150. The highest BCUT2D eigenvalue weighted by Gasteiger charge is 2.28. The lowest BCUT2D eigenvalue weighted by Crippen LogP contribution is -2.55. The maximum atomic E-state index is 12.1. The molecule has 1 atom stereocenters. The molecule has 7 nitrogen and oxygen atoms in total. The second kappa shape index (κ2) is 6.75. The molecule has 2 amide bonds. The molecule has 1 aromatic heterocycles. The quantitative estimate of drug-likeness (QED) is 0.869. The average Bonchev–Trinajstić information content (AvgIpc) is 2.98. The Morgan fingerprint density at radius 3 is 2.48 bits per heavy atom. The molecule has 0 spiro atoms. The Morgan fingerprint density at radius 1 is 1.33 bits per heavy atom. The van der Waals surface area contributed by atoms with E-state index in [2.05, 4.69) is 15.2 Å². The van der Waals surface area contributed by atoms with Crippen molar-refractivity contribution in [2.45, 2.75) is 19.9 Å². The number of nitrogens with one attached hydrogen (secondary N) is 1. The van der Waals surface area contributed by atoms with Crippen LogP contribution in [0.3, 0.4) is 0 Å². The van der Waals surface area contributed by atoms with Gasteiger partial charge < -0.3 is 20.2 Å². The molecule has 116 valence electrons. The molecule has 8 heteroatoms. The van der Waals surface area contributed by atoms with Gasteiger partial charge in [0.15, 0.2) is 5.13 Å². The fourth-order valence-electron chi connectivity index (χ4n) is 2.21. The van der Waals surface area contributed by atoms with E-state index < -0.39 is 12.0 Å². The smallest absolute Gasteiger partial charge is 0.326 e. The van der Waals surface area contributed by atoms with E-state index in [9.17, 15) is 9.59 Å². The number of aromatic nitrogens is 1. The highest BCUT2D eigenvalue weighted by atomic mass is 32.1. The van der Waals surface area contributed by atoms with E-state index in [0.717, 1.165) is 5.13 Å². The van der Waals surface area contributed by atoms with Crippen LogP contribution in [-0.2, 0) is 4.79 Å². The number of carbonyl (C=O) groups excluding carboxylic acids is 1. The third-order valence-corrected chi connectivity index (χ3v) is 4.30. The van der Waals surface area contributed by atoms with Crippen molar-refractivity contribution in [3.8, 4) is 0 Å². The van der Waals surface area contributed by atoms with Gasteiger partial charge in [0.05, 0.1) is 0 Å². The van der Waals surface area contributed by atoms with E-state index in [-0.39, 0.29) is 11.9 Å². The van der Waals surface area contributed by atoms with Crippen LogP contribution in [0.2, 0.25) is 0 Å². The summed E-state index contributed by atoms with van der Waals surface area (Å²) in [5.74, 6) is -1.15. The van der Waals surface area contributed by atoms with E-state index in [1.165, 1.54) is 0 Å². The Morgan fingerprint density at radius 2 is 2.00 bits per heavy atom. The third-order valence-electron chi connectivity index (χ3n) is 3.47. The molecule has 0 bridgehead atoms. The Hall–Kier alpha value is -1.83. The molecule has 1 fully saturated rings. The van der Waals surface area contributed by atoms with Gasteiger partial charge in [-0.05, 0) is 5.92 Å². The van der Waals surface area contributed by atoms with Gasteiger partial charge in [-0.15, -0.1) is 11.3 Å². The summed E-state index contributed by atoms with van der Waals surface area (Å²) in [5, 5.41) is 14.6. The summed E-state index contributed by atoms with van der Waals surface area (Å²) >= 11 is 1.58. The van der Waals surface area contributed by atoms with Crippen LogP contribution in [0.5, 0.6) is 0 Å². The molecule has 0 unspecified atom stereocenters. The van der Waals surface area contributed by atoms with Crippen molar-refractivity contribution in [2.75, 3.05) is 31.1 Å². The van der Waals surface area contributed by atoms with Crippen molar-refractivity contribution >= 4 is 28.5 Å². The molecule has 0 saturated carbocycles. The fourth-order valence-corrected chi connectivity index (χ4v) is 2.91. The standard InChI is InChI=1S/C13H20N4O3S/c1-9(2)10(11(18)19)15-12(20)16-4-6-17(7-5-16)13-14-3-8-21-13/h3,8-10H,4-7H2,1-2H3,(H,15,20)(H,18,19)/t10-/m0/s1. The average molecular weight is 312 g/mol. The number of carboxylic acids is 1. The van der Waals surface area contributed by atoms with E-state index in [0.29, 0.717) is 26.2 Å². The number of urea groups is 1. The first-order chi connectivity index (χ1) is 9.99. The molecular formula is C13H20N4O3S. The van der Waals surface area contributed by atoms with Crippen LogP contribution in [0.4, 0.5) is 9.93 Å². The molecule has 2 heterocycles. The van der Waals surface area contributed by atoms with Crippen molar-refractivity contribution in [3.63, 3.8) is 0 Å². The normalized spacial score (nSPS) is 16.9. The summed E-state index contributed by atoms with van der Waals surface area (Å²) in [6.45, 7) is 6.10. The zero-order valence-electron chi connectivity index (χ0n) is 12.2. The number of rotatable bonds is 4. The number of carbonyl (C=O) groups is 2. The highest BCUT2D eigenvalue weighted by molar-refractivity contribution is 7.13. The minimum atomic E-state index is -1.00. The van der Waals surface area contributed by atoms with Crippen molar-refractivity contribution in [1.29, 1.82) is 0 Å². The Labute approximate surface area is 127 Å². The number of amides is 2. The fraction of sp³-hybridized carbons (Fsp3) is 0.615. The van der Waals surface area contributed by atoms with Gasteiger partial charge in [-0.25, -0.2) is 14.6 Å². The lowest BCUT2D eigenvalue weighted by Gasteiger charge is -2.35. The summed E-state index contributed by atoms with van der Waals surface area (Å²) < 4.78 is 0. The van der Waals surface area contributed by atoms with Crippen molar-refractivity contribution in [1.82, 2.24) is 15.2 Å². The molecule has 1 saturated heterocycles. The van der Waals surface area contributed by atoms with Gasteiger partial charge >= 0.3 is 12.0 Å². The maximum absolute atomic E-state index is 12.1. The molecule has 1 aliphatic heterocycles. The Kier molecular flexibility index (Phi) is 5.00. The monoisotopic (exact) mass is 312 g/mol. The van der Waals surface area contributed by atoms with Crippen molar-refractivity contribution in [3.05, 3.63) is 11.6 Å². The summed E-state index contributed by atoms with van der Waals surface area (Å²) in [5.41, 5.74) is 0. The Bertz CT molecular complexity index is 484. The first-order valence-electron chi connectivity index (χ1n) is 6.91. The van der Waals surface area contributed by atoms with E-state index in [4.69, 9.17) is 5.11 Å². The molecule has 0 radical (unpaired) electrons. The van der Waals surface area contributed by atoms with Gasteiger partial charge in [-0.1, -0.05) is 13.8 Å². The van der Waals surface area contributed by atoms with Gasteiger partial charge in [-0.2, -0.15) is 0 Å². The van der Waals surface area contributed by atoms with Crippen LogP contribution in [0, 0.1) is 5.92 Å². The first-order valence-corrected chi connectivity index (χ1v) is 7.79. The lowest BCUT2D eigenvalue weighted by molar-refractivity contribution is -0.140. The van der Waals surface area contributed by atoms with Gasteiger partial charge in [0.1, 0.15) is 6.04 Å². The molecule has 0 aliphatic carbocycles. The predicted octanol–water partition coefficient (Wildman–Crippen LogP) is 1.08. The molecule has 2 N–H and O–H groups in total. The van der Waals surface area contributed by atoms with Gasteiger partial charge in [-0.3, -0.25) is 0 Å². The minimum Gasteiger partial charge on any atom is -0.480 e. The number of aliphatic carboxylic acids is 1. The number of thiazole rings is 1. The number of carboxylic acid groups (broad SMARTS) is 1. The van der Waals surface area contributed by atoms with Crippen LogP contribution in [0.25, 0.3) is 0 Å². The first kappa shape index (κ1) is 15.6. The number of hydrogen-bond donors (Lipinski definition) is 2. The zero-order chi connectivity index (χ0) is 15.4. The number of anilines is 1. The largest absolute Gasteiger partial charge is 0.480 e. The highest BCUT2D eigenvalue weighted by Crippen LogP contribution is 2.18. The second-order valence-corrected chi connectivity index (χ2v) is 6.17. The van der Waals surface area contributed by atoms with Crippen LogP contribution in [0.15, 0.2) is 11.6 Å². The van der Waals surface area contributed by atoms with Gasteiger partial charge in [0.2, 0.25) is 0 Å². The van der Waals surface area contributed by atoms with Crippen molar-refractivity contribution in [2.24, 2.45) is 5.92 Å². The van der Waals surface area contributed by atoms with E-state index in [1.807, 2.05) is 5.38 Å². The SMILES string of the molecule is CC(C)[C@H](NC(=O)N1CCN(c2nccs2)CC1)C(=O)O. The number of nitrogens with zero attached hydrogens (tertiary/aromatic N) is 3. The maximum Gasteiger partial charge on any atom is 0.326 e. The summed E-state index contributed by atoms with van der Waals surface area (Å²) in [7, 11) is 0. The van der Waals surface area contributed by atoms with Gasteiger partial charge in [0, 0.05) is 37.8 Å². The summed E-state index contributed by atoms with van der Waals surface area (Å²) in [6.07, 6.45) is 1.76. The molecule has 21 heavy (non-hydrogen) atoms. The lowest BCUT2D eigenvalue weighted by atomic mass is 10.1. The van der Waals surface area contributed by atoms with Crippen molar-refractivity contribution < 1.29 is 14.7 Å². The zero-order valence-corrected chi connectivity index (χ0v) is 13.0. The Balaban J connectivity index is 1.87. The molecular weight excluding hydrogens is 292 g/mol. The van der Waals surface area contributed by atoms with Gasteiger partial charge in [0.25, 0.3) is 0 Å². The molecule has 1 aromatic rings. The van der Waals surface area contributed by atoms with Crippen LogP contribution >= 0.6 is 11.3 Å². The summed E-state index contributed by atoms with van der Waals surface area (Å²) in [4.78, 5) is 31.3. The molecule has 0 aromatic carbocycles.